The Morgan fingerprint density at radius 3 is 2.23 bits per heavy atom. The number of nitrogens with one attached hydrogen (secondary N) is 1. The number of carbonyl (C=O) groups excluding carboxylic acids is 1. The van der Waals surface area contributed by atoms with Crippen molar-refractivity contribution in [2.75, 3.05) is 5.32 Å². The Balaban J connectivity index is 2.87. The summed E-state index contributed by atoms with van der Waals surface area (Å²) in [7, 11) is -2.02. The third-order valence-electron chi connectivity index (χ3n) is 4.12. The third-order valence-corrected chi connectivity index (χ3v) is 8.58. The average Bonchev–Trinajstić information content (AvgIpc) is 2.37. The number of amides is 1. The Labute approximate surface area is 135 Å². The van der Waals surface area contributed by atoms with Crippen LogP contribution in [0.3, 0.4) is 0 Å². The Kier molecular flexibility index (Phi) is 5.87. The molecule has 0 fully saturated rings. The molecule has 1 atom stereocenters. The zero-order valence-electron chi connectivity index (χ0n) is 15.0. The number of hydrogen-bond acceptors (Lipinski definition) is 4. The number of carbonyl (C=O) groups is 1. The van der Waals surface area contributed by atoms with Crippen LogP contribution in [0.1, 0.15) is 40.3 Å². The van der Waals surface area contributed by atoms with Gasteiger partial charge in [0.25, 0.3) is 5.91 Å². The van der Waals surface area contributed by atoms with E-state index in [-0.39, 0.29) is 16.9 Å². The summed E-state index contributed by atoms with van der Waals surface area (Å²) in [5.41, 5.74) is 0.816. The van der Waals surface area contributed by atoms with Gasteiger partial charge >= 0.3 is 0 Å². The first kappa shape index (κ1) is 18.8. The molecule has 0 aliphatic heterocycles. The maximum absolute atomic E-state index is 12.6. The minimum Gasteiger partial charge on any atom is -0.405 e. The topological polar surface area (TPSA) is 64.1 Å². The van der Waals surface area contributed by atoms with E-state index in [2.05, 4.69) is 49.1 Å². The van der Waals surface area contributed by atoms with Crippen molar-refractivity contribution in [2.24, 2.45) is 5.92 Å². The van der Waals surface area contributed by atoms with Crippen LogP contribution < -0.4 is 5.32 Å². The molecule has 1 amide bonds. The predicted molar refractivity (Wildman–Crippen MR) is 92.3 cm³/mol. The van der Waals surface area contributed by atoms with E-state index < -0.39 is 14.4 Å². The van der Waals surface area contributed by atoms with Crippen LogP contribution in [0.2, 0.25) is 18.1 Å². The molecule has 0 aliphatic rings. The summed E-state index contributed by atoms with van der Waals surface area (Å²) in [6.45, 7) is 16.7. The minimum atomic E-state index is -2.02. The molecule has 1 N–H and O–H groups in total. The lowest BCUT2D eigenvalue weighted by atomic mass is 10.1. The quantitative estimate of drug-likeness (QED) is 0.838. The summed E-state index contributed by atoms with van der Waals surface area (Å²) in [5.74, 6) is 0.394. The molecule has 0 bridgehead atoms. The smallest absolute Gasteiger partial charge is 0.253 e. The first-order valence-electron chi connectivity index (χ1n) is 7.71. The Morgan fingerprint density at radius 2 is 1.82 bits per heavy atom. The van der Waals surface area contributed by atoms with Crippen molar-refractivity contribution in [1.82, 2.24) is 9.97 Å². The number of rotatable bonds is 5. The van der Waals surface area contributed by atoms with Crippen LogP contribution in [-0.2, 0) is 9.22 Å². The van der Waals surface area contributed by atoms with Gasteiger partial charge in [0.2, 0.25) is 0 Å². The molecule has 0 aromatic carbocycles. The first-order valence-corrected chi connectivity index (χ1v) is 10.6. The van der Waals surface area contributed by atoms with E-state index in [0.29, 0.717) is 5.82 Å². The molecule has 0 saturated heterocycles. The highest BCUT2D eigenvalue weighted by atomic mass is 28.4. The van der Waals surface area contributed by atoms with Crippen LogP contribution in [0, 0.1) is 12.8 Å². The van der Waals surface area contributed by atoms with Gasteiger partial charge in [-0.1, -0.05) is 34.6 Å². The van der Waals surface area contributed by atoms with Crippen molar-refractivity contribution in [3.05, 3.63) is 18.1 Å². The second-order valence-corrected chi connectivity index (χ2v) is 12.3. The van der Waals surface area contributed by atoms with Gasteiger partial charge in [0, 0.05) is 0 Å². The molecule has 1 heterocycles. The molecule has 6 heteroatoms. The van der Waals surface area contributed by atoms with Gasteiger partial charge < -0.3 is 9.74 Å². The first-order chi connectivity index (χ1) is 9.94. The minimum absolute atomic E-state index is 0.0596. The second-order valence-electron chi connectivity index (χ2n) is 7.58. The van der Waals surface area contributed by atoms with Gasteiger partial charge in [-0.2, -0.15) is 0 Å². The van der Waals surface area contributed by atoms with Crippen LogP contribution in [0.25, 0.3) is 0 Å². The SMILES string of the molecule is Cc1cnc(NC(=O)C(O[Si](C)(C)C(C)(C)C)C(C)C)cn1. The van der Waals surface area contributed by atoms with Crippen LogP contribution in [-0.4, -0.2) is 30.3 Å². The Hall–Kier alpha value is -1.27. The lowest BCUT2D eigenvalue weighted by molar-refractivity contribution is -0.125. The van der Waals surface area contributed by atoms with Crippen LogP contribution in [0.15, 0.2) is 12.4 Å². The molecule has 5 nitrogen and oxygen atoms in total. The van der Waals surface area contributed by atoms with E-state index in [9.17, 15) is 4.79 Å². The molecule has 1 aromatic heterocycles. The molecule has 1 unspecified atom stereocenters. The van der Waals surface area contributed by atoms with Gasteiger partial charge in [0.05, 0.1) is 18.1 Å². The maximum atomic E-state index is 12.6. The molecular formula is C16H29N3O2Si. The summed E-state index contributed by atoms with van der Waals surface area (Å²) in [6.07, 6.45) is 2.72. The highest BCUT2D eigenvalue weighted by Gasteiger charge is 2.41. The van der Waals surface area contributed by atoms with Crippen molar-refractivity contribution in [3.8, 4) is 0 Å². The third kappa shape index (κ3) is 4.88. The molecule has 0 saturated carbocycles. The van der Waals surface area contributed by atoms with E-state index in [1.807, 2.05) is 20.8 Å². The van der Waals surface area contributed by atoms with Gasteiger partial charge in [0.15, 0.2) is 14.1 Å². The van der Waals surface area contributed by atoms with Gasteiger partial charge in [-0.15, -0.1) is 0 Å². The molecule has 22 heavy (non-hydrogen) atoms. The lowest BCUT2D eigenvalue weighted by Gasteiger charge is -2.39. The fraction of sp³-hybridized carbons (Fsp3) is 0.688. The van der Waals surface area contributed by atoms with Crippen molar-refractivity contribution < 1.29 is 9.22 Å². The summed E-state index contributed by atoms with van der Waals surface area (Å²) in [6, 6.07) is 0. The summed E-state index contributed by atoms with van der Waals surface area (Å²) in [5, 5.41) is 2.87. The van der Waals surface area contributed by atoms with Crippen LogP contribution >= 0.6 is 0 Å². The number of aromatic nitrogens is 2. The van der Waals surface area contributed by atoms with E-state index in [0.717, 1.165) is 5.69 Å². The lowest BCUT2D eigenvalue weighted by Crippen LogP contribution is -2.49. The number of anilines is 1. The van der Waals surface area contributed by atoms with Crippen molar-refractivity contribution in [1.29, 1.82) is 0 Å². The van der Waals surface area contributed by atoms with E-state index in [4.69, 9.17) is 4.43 Å². The Morgan fingerprint density at radius 1 is 1.23 bits per heavy atom. The predicted octanol–water partition coefficient (Wildman–Crippen LogP) is 3.77. The average molecular weight is 324 g/mol. The number of aryl methyl sites for hydroxylation is 1. The molecule has 0 aliphatic carbocycles. The zero-order chi connectivity index (χ0) is 17.1. The zero-order valence-corrected chi connectivity index (χ0v) is 16.0. The van der Waals surface area contributed by atoms with Crippen molar-refractivity contribution in [2.45, 2.75) is 65.8 Å². The molecule has 0 spiro atoms. The summed E-state index contributed by atoms with van der Waals surface area (Å²) >= 11 is 0. The van der Waals surface area contributed by atoms with Gasteiger partial charge in [-0.25, -0.2) is 4.98 Å². The monoisotopic (exact) mass is 323 g/mol. The number of hydrogen-bond donors (Lipinski definition) is 1. The van der Waals surface area contributed by atoms with Gasteiger partial charge in [-0.05, 0) is 31.0 Å². The van der Waals surface area contributed by atoms with Crippen molar-refractivity contribution in [3.63, 3.8) is 0 Å². The summed E-state index contributed by atoms with van der Waals surface area (Å²) < 4.78 is 6.30. The highest BCUT2D eigenvalue weighted by molar-refractivity contribution is 6.74. The molecule has 0 radical (unpaired) electrons. The standard InChI is InChI=1S/C16H29N3O2Si/c1-11(2)14(21-22(7,8)16(4,5)6)15(20)19-13-10-17-12(3)9-18-13/h9-11,14H,1-8H3,(H,18,19,20). The maximum Gasteiger partial charge on any atom is 0.253 e. The van der Waals surface area contributed by atoms with Crippen LogP contribution in [0.5, 0.6) is 0 Å². The van der Waals surface area contributed by atoms with Crippen LogP contribution in [0.4, 0.5) is 5.82 Å². The molecule has 1 rings (SSSR count). The van der Waals surface area contributed by atoms with E-state index in [1.165, 1.54) is 0 Å². The Bertz CT molecular complexity index is 507. The van der Waals surface area contributed by atoms with Gasteiger partial charge in [0.1, 0.15) is 6.10 Å². The van der Waals surface area contributed by atoms with E-state index >= 15 is 0 Å². The fourth-order valence-corrected chi connectivity index (χ4v) is 3.01. The number of nitrogens with zero attached hydrogens (tertiary/aromatic N) is 2. The second kappa shape index (κ2) is 6.87. The molecular weight excluding hydrogens is 294 g/mol. The van der Waals surface area contributed by atoms with E-state index in [1.54, 1.807) is 12.4 Å². The fourth-order valence-electron chi connectivity index (χ4n) is 1.64. The largest absolute Gasteiger partial charge is 0.405 e. The normalized spacial score (nSPS) is 14.0. The van der Waals surface area contributed by atoms with Crippen molar-refractivity contribution >= 4 is 20.0 Å². The molecule has 1 aromatic rings. The summed E-state index contributed by atoms with van der Waals surface area (Å²) in [4.78, 5) is 20.9. The molecule has 124 valence electrons. The highest BCUT2D eigenvalue weighted by Crippen LogP contribution is 2.38. The van der Waals surface area contributed by atoms with Gasteiger partial charge in [-0.3, -0.25) is 9.78 Å².